The molecule has 1 saturated carbocycles. The molecule has 1 saturated heterocycles. The van der Waals surface area contributed by atoms with E-state index in [0.717, 1.165) is 60.2 Å². The third-order valence-corrected chi connectivity index (χ3v) is 8.70. The molecule has 0 bridgehead atoms. The fourth-order valence-corrected chi connectivity index (χ4v) is 6.43. The number of ether oxygens (including phenoxy) is 1. The molecule has 3 aliphatic rings. The minimum absolute atomic E-state index is 0.122. The summed E-state index contributed by atoms with van der Waals surface area (Å²) >= 11 is 0. The molecule has 0 radical (unpaired) electrons. The van der Waals surface area contributed by atoms with E-state index >= 15 is 0 Å². The summed E-state index contributed by atoms with van der Waals surface area (Å²) in [5, 5.41) is 0. The zero-order valence-electron chi connectivity index (χ0n) is 20.3. The molecule has 8 heteroatoms. The number of fused-ring (bicyclic) bond motifs is 2. The van der Waals surface area contributed by atoms with Crippen LogP contribution in [0.25, 0.3) is 5.57 Å². The first-order valence-corrected chi connectivity index (χ1v) is 14.0. The van der Waals surface area contributed by atoms with Crippen LogP contribution < -0.4 is 9.46 Å². The van der Waals surface area contributed by atoms with E-state index in [9.17, 15) is 17.6 Å². The molecule has 1 aliphatic carbocycles. The second-order valence-corrected chi connectivity index (χ2v) is 11.9. The number of hydrogen-bond acceptors (Lipinski definition) is 5. The number of sulfonamides is 1. The summed E-state index contributed by atoms with van der Waals surface area (Å²) in [6, 6.07) is 12.8. The van der Waals surface area contributed by atoms with Crippen LogP contribution in [0.5, 0.6) is 5.75 Å². The topological polar surface area (TPSA) is 75.7 Å². The highest BCUT2D eigenvalue weighted by Crippen LogP contribution is 2.59. The number of halogens is 1. The van der Waals surface area contributed by atoms with Crippen molar-refractivity contribution in [3.8, 4) is 5.75 Å². The number of amides is 1. The summed E-state index contributed by atoms with van der Waals surface area (Å²) in [7, 11) is -3.60. The van der Waals surface area contributed by atoms with E-state index in [2.05, 4.69) is 15.7 Å². The van der Waals surface area contributed by atoms with Crippen LogP contribution in [0, 0.1) is 23.1 Å². The van der Waals surface area contributed by atoms with Crippen LogP contribution in [0.3, 0.4) is 0 Å². The largest absolute Gasteiger partial charge is 0.488 e. The first-order chi connectivity index (χ1) is 16.6. The van der Waals surface area contributed by atoms with E-state index in [4.69, 9.17) is 4.74 Å². The summed E-state index contributed by atoms with van der Waals surface area (Å²) in [5.41, 5.74) is 4.59. The average Bonchev–Trinajstić information content (AvgIpc) is 3.39. The number of rotatable bonds is 4. The second-order valence-electron chi connectivity index (χ2n) is 10.2. The number of hydrogen-bond donors (Lipinski definition) is 1. The molecule has 2 aromatic rings. The summed E-state index contributed by atoms with van der Waals surface area (Å²) in [4.78, 5) is 15.2. The third kappa shape index (κ3) is 4.38. The molecule has 2 heterocycles. The predicted octanol–water partition coefficient (Wildman–Crippen LogP) is 3.96. The zero-order chi connectivity index (χ0) is 25.0. The third-order valence-electron chi connectivity index (χ3n) is 8.14. The van der Waals surface area contributed by atoms with Gasteiger partial charge in [0.2, 0.25) is 15.9 Å². The lowest BCUT2D eigenvalue weighted by molar-refractivity contribution is -0.126. The second kappa shape index (κ2) is 8.75. The van der Waals surface area contributed by atoms with E-state index in [-0.39, 0.29) is 17.7 Å². The lowest BCUT2D eigenvalue weighted by atomic mass is 9.86. The van der Waals surface area contributed by atoms with Gasteiger partial charge in [-0.05, 0) is 54.0 Å². The standard InChI is InChI=1S/C27H31FN2O4S/c1-17-18(2)27(17,26(31)29-35(3,32)33)16-30-12-10-19(11-13-30)25-22-9-8-21(28)14-20(22)15-34-24-7-5-4-6-23(24)25/h4-9,14,17-18H,10-13,15-16H2,1-3H3,(H,29,31). The Labute approximate surface area is 206 Å². The van der Waals surface area contributed by atoms with Crippen molar-refractivity contribution in [2.75, 3.05) is 25.9 Å². The van der Waals surface area contributed by atoms with E-state index < -0.39 is 21.3 Å². The van der Waals surface area contributed by atoms with Crippen molar-refractivity contribution in [3.05, 3.63) is 70.5 Å². The Bertz CT molecular complexity index is 1300. The van der Waals surface area contributed by atoms with Crippen molar-refractivity contribution < 1.29 is 22.3 Å². The first kappa shape index (κ1) is 24.0. The normalized spacial score (nSPS) is 26.3. The number of carbonyl (C=O) groups is 1. The molecule has 6 nitrogen and oxygen atoms in total. The lowest BCUT2D eigenvalue weighted by Gasteiger charge is -2.33. The maximum Gasteiger partial charge on any atom is 0.241 e. The van der Waals surface area contributed by atoms with Gasteiger partial charge in [0, 0.05) is 30.8 Å². The molecule has 0 spiro atoms. The number of para-hydroxylation sites is 1. The predicted molar refractivity (Wildman–Crippen MR) is 133 cm³/mol. The number of piperidine rings is 1. The molecule has 2 unspecified atom stereocenters. The van der Waals surface area contributed by atoms with Gasteiger partial charge in [-0.3, -0.25) is 9.52 Å². The highest BCUT2D eigenvalue weighted by Gasteiger charge is 2.65. The Balaban J connectivity index is 1.42. The van der Waals surface area contributed by atoms with Gasteiger partial charge in [-0.2, -0.15) is 0 Å². The van der Waals surface area contributed by atoms with E-state index in [0.29, 0.717) is 13.2 Å². The van der Waals surface area contributed by atoms with Gasteiger partial charge < -0.3 is 9.64 Å². The zero-order valence-corrected chi connectivity index (χ0v) is 21.1. The van der Waals surface area contributed by atoms with Crippen LogP contribution in [-0.4, -0.2) is 45.1 Å². The van der Waals surface area contributed by atoms with E-state index in [1.165, 1.54) is 11.6 Å². The van der Waals surface area contributed by atoms with Gasteiger partial charge in [0.1, 0.15) is 18.2 Å². The Kier molecular flexibility index (Phi) is 6.00. The highest BCUT2D eigenvalue weighted by molar-refractivity contribution is 7.89. The van der Waals surface area contributed by atoms with Crippen LogP contribution in [0.4, 0.5) is 4.39 Å². The minimum atomic E-state index is -3.60. The fraction of sp³-hybridized carbons (Fsp3) is 0.444. The molecule has 0 aromatic heterocycles. The number of likely N-dealkylation sites (tertiary alicyclic amines) is 1. The van der Waals surface area contributed by atoms with Crippen LogP contribution in [0.15, 0.2) is 48.0 Å². The van der Waals surface area contributed by atoms with Crippen LogP contribution in [0.1, 0.15) is 43.4 Å². The molecule has 5 rings (SSSR count). The Morgan fingerprint density at radius 3 is 2.46 bits per heavy atom. The van der Waals surface area contributed by atoms with Gasteiger partial charge in [0.15, 0.2) is 0 Å². The van der Waals surface area contributed by atoms with Gasteiger partial charge in [-0.15, -0.1) is 0 Å². The van der Waals surface area contributed by atoms with Crippen LogP contribution in [-0.2, 0) is 21.4 Å². The Morgan fingerprint density at radius 1 is 1.11 bits per heavy atom. The Morgan fingerprint density at radius 2 is 1.80 bits per heavy atom. The summed E-state index contributed by atoms with van der Waals surface area (Å²) in [6.45, 7) is 6.43. The molecule has 2 fully saturated rings. The maximum absolute atomic E-state index is 14.0. The van der Waals surface area contributed by atoms with Crippen LogP contribution >= 0.6 is 0 Å². The summed E-state index contributed by atoms with van der Waals surface area (Å²) in [6.07, 6.45) is 2.65. The van der Waals surface area contributed by atoms with Gasteiger partial charge in [-0.25, -0.2) is 12.8 Å². The van der Waals surface area contributed by atoms with E-state index in [1.807, 2.05) is 38.1 Å². The minimum Gasteiger partial charge on any atom is -0.488 e. The van der Waals surface area contributed by atoms with Crippen LogP contribution in [0.2, 0.25) is 0 Å². The Hall–Kier alpha value is -2.71. The van der Waals surface area contributed by atoms with Gasteiger partial charge in [-0.1, -0.05) is 43.7 Å². The number of nitrogens with zero attached hydrogens (tertiary/aromatic N) is 1. The monoisotopic (exact) mass is 498 g/mol. The van der Waals surface area contributed by atoms with Gasteiger partial charge >= 0.3 is 0 Å². The van der Waals surface area contributed by atoms with Crippen molar-refractivity contribution in [1.29, 1.82) is 0 Å². The molecule has 2 aliphatic heterocycles. The van der Waals surface area contributed by atoms with Crippen molar-refractivity contribution in [1.82, 2.24) is 9.62 Å². The van der Waals surface area contributed by atoms with Crippen molar-refractivity contribution in [2.24, 2.45) is 17.3 Å². The van der Waals surface area contributed by atoms with Crippen molar-refractivity contribution in [3.63, 3.8) is 0 Å². The average molecular weight is 499 g/mol. The first-order valence-electron chi connectivity index (χ1n) is 12.1. The molecule has 1 amide bonds. The molecule has 186 valence electrons. The lowest BCUT2D eigenvalue weighted by Crippen LogP contribution is -2.45. The van der Waals surface area contributed by atoms with Crippen molar-refractivity contribution >= 4 is 21.5 Å². The van der Waals surface area contributed by atoms with Gasteiger partial charge in [0.05, 0.1) is 11.7 Å². The van der Waals surface area contributed by atoms with E-state index in [1.54, 1.807) is 6.07 Å². The molecule has 2 aromatic carbocycles. The highest BCUT2D eigenvalue weighted by atomic mass is 32.2. The molecule has 35 heavy (non-hydrogen) atoms. The fourth-order valence-electron chi connectivity index (χ4n) is 5.91. The molecule has 1 N–H and O–H groups in total. The number of benzene rings is 2. The summed E-state index contributed by atoms with van der Waals surface area (Å²) in [5.74, 6) is 0.372. The molecular weight excluding hydrogens is 467 g/mol. The maximum atomic E-state index is 14.0. The summed E-state index contributed by atoms with van der Waals surface area (Å²) < 4.78 is 45.7. The number of nitrogens with one attached hydrogen (secondary N) is 1. The van der Waals surface area contributed by atoms with Gasteiger partial charge in [0.25, 0.3) is 0 Å². The molecule has 2 atom stereocenters. The number of carbonyl (C=O) groups excluding carboxylic acids is 1. The van der Waals surface area contributed by atoms with Crippen molar-refractivity contribution in [2.45, 2.75) is 33.3 Å². The molecular formula is C27H31FN2O4S. The quantitative estimate of drug-likeness (QED) is 0.691. The SMILES string of the molecule is CC1C(C)C1(CN1CCC(=C2c3ccc(F)cc3COc3ccccc32)CC1)C(=O)NS(C)(=O)=O. The smallest absolute Gasteiger partial charge is 0.241 e.